The molecule has 1 aliphatic heterocycles. The lowest BCUT2D eigenvalue weighted by molar-refractivity contribution is -0.129. The first-order valence-electron chi connectivity index (χ1n) is 8.20. The Morgan fingerprint density at radius 1 is 1.05 bits per heavy atom. The van der Waals surface area contributed by atoms with E-state index in [-0.39, 0.29) is 5.91 Å². The molecule has 1 amide bonds. The van der Waals surface area contributed by atoms with Gasteiger partial charge in [0.15, 0.2) is 0 Å². The highest BCUT2D eigenvalue weighted by Crippen LogP contribution is 2.34. The van der Waals surface area contributed by atoms with Crippen LogP contribution in [0.4, 0.5) is 0 Å². The molecule has 0 spiro atoms. The molecule has 1 aliphatic rings. The Kier molecular flexibility index (Phi) is 10.5. The van der Waals surface area contributed by atoms with E-state index in [0.717, 1.165) is 41.5 Å². The number of hydrogen-bond acceptors (Lipinski definition) is 1. The van der Waals surface area contributed by atoms with Crippen molar-refractivity contribution in [1.29, 1.82) is 0 Å². The molecule has 0 bridgehead atoms. The molecule has 0 atom stereocenters. The lowest BCUT2D eigenvalue weighted by Crippen LogP contribution is -2.36. The zero-order valence-corrected chi connectivity index (χ0v) is 16.2. The molecule has 0 aromatic heterocycles. The van der Waals surface area contributed by atoms with Crippen LogP contribution in [-0.2, 0) is 4.79 Å². The summed E-state index contributed by atoms with van der Waals surface area (Å²) >= 11 is 12.3. The molecule has 126 valence electrons. The second-order valence-electron chi connectivity index (χ2n) is 4.89. The van der Waals surface area contributed by atoms with Gasteiger partial charge in [0, 0.05) is 30.1 Å². The van der Waals surface area contributed by atoms with Gasteiger partial charge in [-0.15, -0.1) is 0 Å². The zero-order valence-electron chi connectivity index (χ0n) is 14.7. The summed E-state index contributed by atoms with van der Waals surface area (Å²) < 4.78 is 0. The first-order chi connectivity index (χ1) is 10.5. The highest BCUT2D eigenvalue weighted by Gasteiger charge is 2.22. The maximum atomic E-state index is 11.3. The van der Waals surface area contributed by atoms with Crippen molar-refractivity contribution in [2.24, 2.45) is 0 Å². The lowest BCUT2D eigenvalue weighted by Gasteiger charge is -2.31. The molecular weight excluding hydrogens is 317 g/mol. The second-order valence-corrected chi connectivity index (χ2v) is 5.70. The Balaban J connectivity index is 0.00000102. The highest BCUT2D eigenvalue weighted by atomic mass is 35.5. The molecule has 4 heteroatoms. The number of likely N-dealkylation sites (tertiary alicyclic amines) is 1. The number of benzene rings is 1. The third-order valence-corrected chi connectivity index (χ3v) is 4.50. The minimum Gasteiger partial charge on any atom is -0.343 e. The normalized spacial score (nSPS) is 14.5. The largest absolute Gasteiger partial charge is 0.343 e. The molecule has 0 unspecified atom stereocenters. The molecule has 0 aliphatic carbocycles. The molecular formula is C18H29Cl2NO. The van der Waals surface area contributed by atoms with Crippen molar-refractivity contribution in [2.75, 3.05) is 13.1 Å². The van der Waals surface area contributed by atoms with E-state index in [9.17, 15) is 4.79 Å². The number of hydrogen-bond donors (Lipinski definition) is 0. The number of piperidine rings is 1. The number of nitrogens with zero attached hydrogens (tertiary/aromatic N) is 1. The summed E-state index contributed by atoms with van der Waals surface area (Å²) in [6.07, 6.45) is 1.96. The summed E-state index contributed by atoms with van der Waals surface area (Å²) in [5.41, 5.74) is 2.13. The minimum absolute atomic E-state index is 0.161. The molecule has 0 N–H and O–H groups in total. The van der Waals surface area contributed by atoms with Crippen LogP contribution < -0.4 is 0 Å². The molecule has 1 aromatic rings. The van der Waals surface area contributed by atoms with Crippen molar-refractivity contribution in [2.45, 2.75) is 60.3 Å². The van der Waals surface area contributed by atoms with E-state index in [1.165, 1.54) is 5.56 Å². The predicted molar refractivity (Wildman–Crippen MR) is 98.1 cm³/mol. The monoisotopic (exact) mass is 345 g/mol. The van der Waals surface area contributed by atoms with Crippen LogP contribution in [0.1, 0.15) is 64.5 Å². The van der Waals surface area contributed by atoms with Gasteiger partial charge in [-0.1, -0.05) is 50.9 Å². The third kappa shape index (κ3) is 5.81. The Labute approximate surface area is 145 Å². The van der Waals surface area contributed by atoms with E-state index < -0.39 is 0 Å². The third-order valence-electron chi connectivity index (χ3n) is 3.71. The molecule has 1 aromatic carbocycles. The van der Waals surface area contributed by atoms with Crippen LogP contribution in [0.25, 0.3) is 0 Å². The zero-order chi connectivity index (χ0) is 17.3. The molecule has 2 nitrogen and oxygen atoms in total. The Morgan fingerprint density at radius 3 is 1.82 bits per heavy atom. The summed E-state index contributed by atoms with van der Waals surface area (Å²) in [6, 6.07) is 4.02. The SMILES string of the molecule is CC.CC.CC(=O)N1CCC(c2cc(Cl)c(C)c(Cl)c2)CC1. The first kappa shape index (κ1) is 21.3. The van der Waals surface area contributed by atoms with Crippen LogP contribution in [0.15, 0.2) is 12.1 Å². The Bertz CT molecular complexity index is 443. The summed E-state index contributed by atoms with van der Waals surface area (Å²) in [5.74, 6) is 0.615. The van der Waals surface area contributed by atoms with Gasteiger partial charge in [-0.25, -0.2) is 0 Å². The fraction of sp³-hybridized carbons (Fsp3) is 0.611. The topological polar surface area (TPSA) is 20.3 Å². The maximum Gasteiger partial charge on any atom is 0.219 e. The van der Waals surface area contributed by atoms with Gasteiger partial charge in [-0.3, -0.25) is 4.79 Å². The quantitative estimate of drug-likeness (QED) is 0.603. The van der Waals surface area contributed by atoms with Gasteiger partial charge in [-0.2, -0.15) is 0 Å². The summed E-state index contributed by atoms with van der Waals surface area (Å²) in [5, 5.41) is 1.46. The summed E-state index contributed by atoms with van der Waals surface area (Å²) in [6.45, 7) is 13.2. The van der Waals surface area contributed by atoms with Crippen molar-refractivity contribution in [3.05, 3.63) is 33.3 Å². The fourth-order valence-corrected chi connectivity index (χ4v) is 2.93. The van der Waals surface area contributed by atoms with E-state index in [0.29, 0.717) is 5.92 Å². The molecule has 1 saturated heterocycles. The minimum atomic E-state index is 0.161. The Hall–Kier alpha value is -0.730. The van der Waals surface area contributed by atoms with Crippen molar-refractivity contribution >= 4 is 29.1 Å². The van der Waals surface area contributed by atoms with Gasteiger partial charge in [0.1, 0.15) is 0 Å². The number of amides is 1. The van der Waals surface area contributed by atoms with Crippen molar-refractivity contribution < 1.29 is 4.79 Å². The van der Waals surface area contributed by atoms with Gasteiger partial charge in [0.25, 0.3) is 0 Å². The van der Waals surface area contributed by atoms with E-state index in [1.807, 2.05) is 51.7 Å². The smallest absolute Gasteiger partial charge is 0.219 e. The summed E-state index contributed by atoms with van der Waals surface area (Å²) in [4.78, 5) is 13.2. The molecule has 1 heterocycles. The van der Waals surface area contributed by atoms with E-state index in [2.05, 4.69) is 0 Å². The highest BCUT2D eigenvalue weighted by molar-refractivity contribution is 6.36. The van der Waals surface area contributed by atoms with E-state index in [4.69, 9.17) is 23.2 Å². The number of carbonyl (C=O) groups excluding carboxylic acids is 1. The van der Waals surface area contributed by atoms with Crippen LogP contribution in [-0.4, -0.2) is 23.9 Å². The van der Waals surface area contributed by atoms with Gasteiger partial charge in [-0.05, 0) is 48.9 Å². The fourth-order valence-electron chi connectivity index (χ4n) is 2.43. The number of carbonyl (C=O) groups is 1. The molecule has 2 rings (SSSR count). The number of halogens is 2. The lowest BCUT2D eigenvalue weighted by atomic mass is 9.89. The molecule has 0 radical (unpaired) electrons. The van der Waals surface area contributed by atoms with Crippen LogP contribution in [0, 0.1) is 6.92 Å². The average Bonchev–Trinajstić information content (AvgIpc) is 2.56. The van der Waals surface area contributed by atoms with Crippen LogP contribution >= 0.6 is 23.2 Å². The number of rotatable bonds is 1. The molecule has 22 heavy (non-hydrogen) atoms. The van der Waals surface area contributed by atoms with Crippen LogP contribution in [0.2, 0.25) is 10.0 Å². The average molecular weight is 346 g/mol. The maximum absolute atomic E-state index is 11.3. The predicted octanol–water partition coefficient (Wildman–Crippen LogP) is 6.08. The van der Waals surface area contributed by atoms with Crippen molar-refractivity contribution in [1.82, 2.24) is 4.90 Å². The summed E-state index contributed by atoms with van der Waals surface area (Å²) in [7, 11) is 0. The second kappa shape index (κ2) is 10.9. The van der Waals surface area contributed by atoms with E-state index >= 15 is 0 Å². The van der Waals surface area contributed by atoms with Gasteiger partial charge in [0.2, 0.25) is 5.91 Å². The first-order valence-corrected chi connectivity index (χ1v) is 8.95. The van der Waals surface area contributed by atoms with Crippen LogP contribution in [0.3, 0.4) is 0 Å². The van der Waals surface area contributed by atoms with E-state index in [1.54, 1.807) is 6.92 Å². The van der Waals surface area contributed by atoms with Crippen molar-refractivity contribution in [3.63, 3.8) is 0 Å². The van der Waals surface area contributed by atoms with Crippen molar-refractivity contribution in [3.8, 4) is 0 Å². The van der Waals surface area contributed by atoms with Gasteiger partial charge in [0.05, 0.1) is 0 Å². The molecule has 1 fully saturated rings. The van der Waals surface area contributed by atoms with Crippen LogP contribution in [0.5, 0.6) is 0 Å². The molecule has 0 saturated carbocycles. The van der Waals surface area contributed by atoms with Gasteiger partial charge >= 0.3 is 0 Å². The van der Waals surface area contributed by atoms with Gasteiger partial charge < -0.3 is 4.90 Å². The Morgan fingerprint density at radius 2 is 1.45 bits per heavy atom. The standard InChI is InChI=1S/C14H17Cl2NO.2C2H6/c1-9-13(15)7-12(8-14(9)16)11-3-5-17(6-4-11)10(2)18;2*1-2/h7-8,11H,3-6H2,1-2H3;2*1-2H3.